The van der Waals surface area contributed by atoms with E-state index in [0.717, 1.165) is 11.3 Å². The van der Waals surface area contributed by atoms with Gasteiger partial charge >= 0.3 is 6.03 Å². The van der Waals surface area contributed by atoms with Gasteiger partial charge in [0.2, 0.25) is 0 Å². The van der Waals surface area contributed by atoms with E-state index in [1.165, 1.54) is 10.4 Å². The zero-order chi connectivity index (χ0) is 14.5. The van der Waals surface area contributed by atoms with Crippen LogP contribution in [-0.2, 0) is 6.54 Å². The fourth-order valence-electron chi connectivity index (χ4n) is 2.03. The van der Waals surface area contributed by atoms with Gasteiger partial charge in [0.15, 0.2) is 0 Å². The molecule has 0 aliphatic heterocycles. The van der Waals surface area contributed by atoms with Gasteiger partial charge in [-0.05, 0) is 41.5 Å². The first-order valence-electron chi connectivity index (χ1n) is 6.74. The van der Waals surface area contributed by atoms with Gasteiger partial charge in [0.1, 0.15) is 0 Å². The summed E-state index contributed by atoms with van der Waals surface area (Å²) in [5.74, 6) is 0.381. The van der Waals surface area contributed by atoms with Crippen molar-refractivity contribution in [3.8, 4) is 0 Å². The quantitative estimate of drug-likeness (QED) is 0.854. The minimum atomic E-state index is -0.161. The standard InChI is InChI=1S/C16H20N2OS/c1-11(2)13-6-4-5-7-14(13)18-16(19)17-10-15-12(3)8-9-20-15/h4-9,11H,10H2,1-3H3,(H2,17,18,19). The van der Waals surface area contributed by atoms with Crippen molar-refractivity contribution in [2.45, 2.75) is 33.2 Å². The Morgan fingerprint density at radius 2 is 2.00 bits per heavy atom. The van der Waals surface area contributed by atoms with Gasteiger partial charge in [0.05, 0.1) is 6.54 Å². The van der Waals surface area contributed by atoms with Crippen LogP contribution in [0.3, 0.4) is 0 Å². The smallest absolute Gasteiger partial charge is 0.319 e. The van der Waals surface area contributed by atoms with E-state index < -0.39 is 0 Å². The van der Waals surface area contributed by atoms with E-state index in [0.29, 0.717) is 12.5 Å². The van der Waals surface area contributed by atoms with E-state index in [1.807, 2.05) is 29.6 Å². The molecule has 0 bridgehead atoms. The maximum absolute atomic E-state index is 12.0. The summed E-state index contributed by atoms with van der Waals surface area (Å²) in [5.41, 5.74) is 3.25. The normalized spacial score (nSPS) is 10.6. The van der Waals surface area contributed by atoms with Crippen molar-refractivity contribution in [2.24, 2.45) is 0 Å². The third kappa shape index (κ3) is 3.61. The van der Waals surface area contributed by atoms with E-state index in [1.54, 1.807) is 11.3 Å². The molecule has 0 fully saturated rings. The van der Waals surface area contributed by atoms with E-state index in [2.05, 4.69) is 37.5 Å². The lowest BCUT2D eigenvalue weighted by Gasteiger charge is -2.14. The van der Waals surface area contributed by atoms with Gasteiger partial charge < -0.3 is 10.6 Å². The Morgan fingerprint density at radius 3 is 2.65 bits per heavy atom. The number of anilines is 1. The third-order valence-corrected chi connectivity index (χ3v) is 4.23. The van der Waals surface area contributed by atoms with Crippen LogP contribution in [0.15, 0.2) is 35.7 Å². The van der Waals surface area contributed by atoms with Crippen LogP contribution in [0, 0.1) is 6.92 Å². The summed E-state index contributed by atoms with van der Waals surface area (Å²) in [6.45, 7) is 6.86. The molecule has 3 nitrogen and oxygen atoms in total. The summed E-state index contributed by atoms with van der Waals surface area (Å²) in [6.07, 6.45) is 0. The number of aryl methyl sites for hydroxylation is 1. The summed E-state index contributed by atoms with van der Waals surface area (Å²) >= 11 is 1.66. The number of hydrogen-bond donors (Lipinski definition) is 2. The summed E-state index contributed by atoms with van der Waals surface area (Å²) in [6, 6.07) is 9.81. The summed E-state index contributed by atoms with van der Waals surface area (Å²) in [4.78, 5) is 13.2. The Balaban J connectivity index is 1.97. The first kappa shape index (κ1) is 14.6. The number of hydrogen-bond acceptors (Lipinski definition) is 2. The van der Waals surface area contributed by atoms with Crippen molar-refractivity contribution in [3.05, 3.63) is 51.7 Å². The van der Waals surface area contributed by atoms with Gasteiger partial charge in [-0.2, -0.15) is 0 Å². The van der Waals surface area contributed by atoms with Crippen LogP contribution >= 0.6 is 11.3 Å². The number of rotatable bonds is 4. The summed E-state index contributed by atoms with van der Waals surface area (Å²) < 4.78 is 0. The Hall–Kier alpha value is -1.81. The molecule has 20 heavy (non-hydrogen) atoms. The van der Waals surface area contributed by atoms with Crippen molar-refractivity contribution in [1.82, 2.24) is 5.32 Å². The SMILES string of the molecule is Cc1ccsc1CNC(=O)Nc1ccccc1C(C)C. The van der Waals surface area contributed by atoms with Gasteiger partial charge in [-0.3, -0.25) is 0 Å². The monoisotopic (exact) mass is 288 g/mol. The number of thiophene rings is 1. The lowest BCUT2D eigenvalue weighted by Crippen LogP contribution is -2.28. The van der Waals surface area contributed by atoms with Crippen LogP contribution in [0.25, 0.3) is 0 Å². The summed E-state index contributed by atoms with van der Waals surface area (Å²) in [5, 5.41) is 7.87. The average Bonchev–Trinajstić information content (AvgIpc) is 2.82. The van der Waals surface area contributed by atoms with Gasteiger partial charge in [0, 0.05) is 10.6 Å². The van der Waals surface area contributed by atoms with Crippen LogP contribution in [0.2, 0.25) is 0 Å². The third-order valence-electron chi connectivity index (χ3n) is 3.21. The highest BCUT2D eigenvalue weighted by Gasteiger charge is 2.09. The fraction of sp³-hybridized carbons (Fsp3) is 0.312. The van der Waals surface area contributed by atoms with Crippen LogP contribution in [-0.4, -0.2) is 6.03 Å². The van der Waals surface area contributed by atoms with Gasteiger partial charge in [-0.1, -0.05) is 32.0 Å². The van der Waals surface area contributed by atoms with Crippen LogP contribution in [0.5, 0.6) is 0 Å². The molecule has 1 aromatic heterocycles. The number of carbonyl (C=O) groups is 1. The van der Waals surface area contributed by atoms with Gasteiger partial charge in [-0.15, -0.1) is 11.3 Å². The maximum atomic E-state index is 12.0. The predicted molar refractivity (Wildman–Crippen MR) is 85.4 cm³/mol. The van der Waals surface area contributed by atoms with Crippen molar-refractivity contribution < 1.29 is 4.79 Å². The first-order chi connectivity index (χ1) is 9.58. The maximum Gasteiger partial charge on any atom is 0.319 e. The molecule has 0 unspecified atom stereocenters. The molecule has 106 valence electrons. The number of nitrogens with one attached hydrogen (secondary N) is 2. The van der Waals surface area contributed by atoms with Crippen molar-refractivity contribution in [1.29, 1.82) is 0 Å². The lowest BCUT2D eigenvalue weighted by atomic mass is 10.0. The Labute approximate surface area is 124 Å². The van der Waals surface area contributed by atoms with E-state index in [4.69, 9.17) is 0 Å². The van der Waals surface area contributed by atoms with E-state index in [9.17, 15) is 4.79 Å². The van der Waals surface area contributed by atoms with Crippen LogP contribution in [0.4, 0.5) is 10.5 Å². The van der Waals surface area contributed by atoms with Crippen molar-refractivity contribution in [3.63, 3.8) is 0 Å². The van der Waals surface area contributed by atoms with E-state index in [-0.39, 0.29) is 6.03 Å². The lowest BCUT2D eigenvalue weighted by molar-refractivity contribution is 0.252. The molecule has 0 aliphatic carbocycles. The number of amides is 2. The number of benzene rings is 1. The number of urea groups is 1. The minimum Gasteiger partial charge on any atom is -0.333 e. The molecule has 2 amide bonds. The molecule has 2 aromatic rings. The molecular formula is C16H20N2OS. The molecule has 0 radical (unpaired) electrons. The molecule has 0 saturated heterocycles. The Bertz CT molecular complexity index is 590. The molecule has 4 heteroatoms. The molecule has 0 spiro atoms. The predicted octanol–water partition coefficient (Wildman–Crippen LogP) is 4.50. The molecule has 2 rings (SSSR count). The molecule has 0 aliphatic rings. The second-order valence-electron chi connectivity index (χ2n) is 5.08. The molecular weight excluding hydrogens is 268 g/mol. The van der Waals surface area contributed by atoms with Crippen molar-refractivity contribution in [2.75, 3.05) is 5.32 Å². The molecule has 2 N–H and O–H groups in total. The second-order valence-corrected chi connectivity index (χ2v) is 6.08. The zero-order valence-electron chi connectivity index (χ0n) is 12.1. The van der Waals surface area contributed by atoms with Gasteiger partial charge in [0.25, 0.3) is 0 Å². The number of para-hydroxylation sites is 1. The van der Waals surface area contributed by atoms with Gasteiger partial charge in [-0.25, -0.2) is 4.79 Å². The first-order valence-corrected chi connectivity index (χ1v) is 7.62. The second kappa shape index (κ2) is 6.57. The Morgan fingerprint density at radius 1 is 1.25 bits per heavy atom. The minimum absolute atomic E-state index is 0.161. The zero-order valence-corrected chi connectivity index (χ0v) is 12.9. The van der Waals surface area contributed by atoms with Crippen molar-refractivity contribution >= 4 is 23.1 Å². The Kier molecular flexibility index (Phi) is 4.79. The topological polar surface area (TPSA) is 41.1 Å². The number of carbonyl (C=O) groups excluding carboxylic acids is 1. The highest BCUT2D eigenvalue weighted by Crippen LogP contribution is 2.23. The largest absolute Gasteiger partial charge is 0.333 e. The fourth-order valence-corrected chi connectivity index (χ4v) is 2.87. The summed E-state index contributed by atoms with van der Waals surface area (Å²) in [7, 11) is 0. The molecule has 0 atom stereocenters. The highest BCUT2D eigenvalue weighted by molar-refractivity contribution is 7.10. The van der Waals surface area contributed by atoms with Crippen LogP contribution in [0.1, 0.15) is 35.8 Å². The average molecular weight is 288 g/mol. The highest BCUT2D eigenvalue weighted by atomic mass is 32.1. The van der Waals surface area contributed by atoms with Crippen LogP contribution < -0.4 is 10.6 Å². The van der Waals surface area contributed by atoms with E-state index >= 15 is 0 Å². The molecule has 0 saturated carbocycles. The molecule has 1 heterocycles. The molecule has 1 aromatic carbocycles.